The highest BCUT2D eigenvalue weighted by Crippen LogP contribution is 2.17. The molecule has 9 heteroatoms. The van der Waals surface area contributed by atoms with Crippen molar-refractivity contribution < 1.29 is 17.9 Å². The summed E-state index contributed by atoms with van der Waals surface area (Å²) in [4.78, 5) is 11.4. The summed E-state index contributed by atoms with van der Waals surface area (Å²) in [5.41, 5.74) is 6.63. The lowest BCUT2D eigenvalue weighted by Gasteiger charge is -2.12. The molecule has 6 nitrogen and oxygen atoms in total. The number of nitrogens with zero attached hydrogens (tertiary/aromatic N) is 3. The van der Waals surface area contributed by atoms with Crippen molar-refractivity contribution in [2.45, 2.75) is 32.0 Å². The van der Waals surface area contributed by atoms with E-state index in [1.54, 1.807) is 14.0 Å². The maximum Gasteiger partial charge on any atom is 0.449 e. The Bertz CT molecular complexity index is 680. The minimum absolute atomic E-state index is 0.0205. The van der Waals surface area contributed by atoms with Crippen LogP contribution in [0.4, 0.5) is 13.2 Å². The molecule has 1 atom stereocenters. The molecule has 1 aromatic rings. The van der Waals surface area contributed by atoms with Gasteiger partial charge in [-0.3, -0.25) is 4.99 Å². The van der Waals surface area contributed by atoms with Crippen LogP contribution in [0.3, 0.4) is 0 Å². The van der Waals surface area contributed by atoms with Gasteiger partial charge in [-0.05, 0) is 37.5 Å². The normalized spacial score (nSPS) is 18.0. The zero-order valence-corrected chi connectivity index (χ0v) is 14.0. The van der Waals surface area contributed by atoms with Crippen LogP contribution in [0.5, 0.6) is 5.75 Å². The Balaban J connectivity index is 2.01. The second-order valence-corrected chi connectivity index (χ2v) is 5.58. The van der Waals surface area contributed by atoms with Crippen LogP contribution < -0.4 is 15.8 Å². The molecule has 0 bridgehead atoms. The van der Waals surface area contributed by atoms with Crippen molar-refractivity contribution in [3.8, 4) is 5.75 Å². The summed E-state index contributed by atoms with van der Waals surface area (Å²) in [6.07, 6.45) is -3.24. The van der Waals surface area contributed by atoms with Crippen LogP contribution in [0.2, 0.25) is 0 Å². The maximum atomic E-state index is 12.8. The lowest BCUT2D eigenvalue weighted by atomic mass is 10.1. The van der Waals surface area contributed by atoms with Crippen LogP contribution in [-0.2, 0) is 6.42 Å². The zero-order valence-electron chi connectivity index (χ0n) is 14.0. The number of benzene rings is 1. The summed E-state index contributed by atoms with van der Waals surface area (Å²) < 4.78 is 43.6. The van der Waals surface area contributed by atoms with Gasteiger partial charge in [0.1, 0.15) is 11.6 Å². The summed E-state index contributed by atoms with van der Waals surface area (Å²) in [6, 6.07) is 7.35. The van der Waals surface area contributed by atoms with Gasteiger partial charge in [-0.25, -0.2) is 4.99 Å². The molecule has 1 heterocycles. The second kappa shape index (κ2) is 8.00. The van der Waals surface area contributed by atoms with Crippen LogP contribution in [-0.4, -0.2) is 43.5 Å². The molecular formula is C16H20F3N5O. The number of ether oxygens (including phenoxy) is 1. The molecule has 0 radical (unpaired) electrons. The molecule has 136 valence electrons. The highest BCUT2D eigenvalue weighted by atomic mass is 19.4. The van der Waals surface area contributed by atoms with Crippen LogP contribution in [0.15, 0.2) is 39.2 Å². The number of alkyl halides is 3. The second-order valence-electron chi connectivity index (χ2n) is 5.58. The third-order valence-electron chi connectivity index (χ3n) is 3.50. The van der Waals surface area contributed by atoms with Crippen LogP contribution in [0.25, 0.3) is 0 Å². The van der Waals surface area contributed by atoms with Crippen LogP contribution in [0.1, 0.15) is 18.9 Å². The molecule has 0 spiro atoms. The fourth-order valence-corrected chi connectivity index (χ4v) is 2.17. The number of methoxy groups -OCH3 is 1. The van der Waals surface area contributed by atoms with Crippen LogP contribution in [0, 0.1) is 0 Å². The Labute approximate surface area is 143 Å². The van der Waals surface area contributed by atoms with Gasteiger partial charge < -0.3 is 15.8 Å². The first kappa shape index (κ1) is 18.8. The van der Waals surface area contributed by atoms with E-state index in [1.807, 2.05) is 24.3 Å². The SMILES string of the molecule is COc1ccc(CCC(C)N=C2N=C(N)CN=C(C(F)(F)F)N2)cc1. The summed E-state index contributed by atoms with van der Waals surface area (Å²) in [5, 5.41) is 2.12. The van der Waals surface area contributed by atoms with E-state index in [0.29, 0.717) is 6.42 Å². The van der Waals surface area contributed by atoms with Crippen molar-refractivity contribution in [3.05, 3.63) is 29.8 Å². The van der Waals surface area contributed by atoms with Crippen LogP contribution >= 0.6 is 0 Å². The van der Waals surface area contributed by atoms with E-state index >= 15 is 0 Å². The maximum absolute atomic E-state index is 12.8. The number of hydrogen-bond donors (Lipinski definition) is 2. The van der Waals surface area contributed by atoms with Gasteiger partial charge in [0.05, 0.1) is 19.7 Å². The van der Waals surface area contributed by atoms with Crippen molar-refractivity contribution in [1.82, 2.24) is 5.32 Å². The Kier molecular flexibility index (Phi) is 6.00. The fourth-order valence-electron chi connectivity index (χ4n) is 2.17. The number of rotatable bonds is 5. The molecular weight excluding hydrogens is 335 g/mol. The van der Waals surface area contributed by atoms with E-state index < -0.39 is 12.0 Å². The summed E-state index contributed by atoms with van der Waals surface area (Å²) in [5.74, 6) is -0.567. The fraction of sp³-hybridized carbons (Fsp3) is 0.438. The van der Waals surface area contributed by atoms with E-state index in [4.69, 9.17) is 10.5 Å². The van der Waals surface area contributed by atoms with Gasteiger partial charge in [-0.15, -0.1) is 0 Å². The molecule has 1 aliphatic rings. The molecule has 2 rings (SSSR count). The molecule has 0 saturated heterocycles. The van der Waals surface area contributed by atoms with Gasteiger partial charge >= 0.3 is 6.18 Å². The lowest BCUT2D eigenvalue weighted by Crippen LogP contribution is -2.40. The number of nitrogens with one attached hydrogen (secondary N) is 1. The van der Waals surface area contributed by atoms with Gasteiger partial charge in [0.2, 0.25) is 11.8 Å². The molecule has 1 unspecified atom stereocenters. The van der Waals surface area contributed by atoms with Crippen molar-refractivity contribution in [3.63, 3.8) is 0 Å². The van der Waals surface area contributed by atoms with E-state index in [1.165, 1.54) is 0 Å². The standard InChI is InChI=1S/C16H20F3N5O/c1-10(3-4-11-5-7-12(25-2)8-6-11)22-15-23-13(20)9-21-14(24-15)16(17,18)19/h5-8,10H,3-4,9H2,1-2H3,(H3,20,21,22,23,24). The topological polar surface area (TPSA) is 84.4 Å². The number of amidine groups is 2. The van der Waals surface area contributed by atoms with Gasteiger partial charge in [0.25, 0.3) is 0 Å². The Morgan fingerprint density at radius 2 is 2.00 bits per heavy atom. The van der Waals surface area contributed by atoms with Crippen molar-refractivity contribution in [1.29, 1.82) is 0 Å². The first-order valence-electron chi connectivity index (χ1n) is 7.70. The van der Waals surface area contributed by atoms with Crippen molar-refractivity contribution in [2.24, 2.45) is 20.7 Å². The third kappa shape index (κ3) is 5.77. The van der Waals surface area contributed by atoms with Gasteiger partial charge in [0.15, 0.2) is 0 Å². The summed E-state index contributed by atoms with van der Waals surface area (Å²) >= 11 is 0. The molecule has 3 N–H and O–H groups in total. The quantitative estimate of drug-likeness (QED) is 0.850. The molecule has 1 aliphatic heterocycles. The molecule has 0 saturated carbocycles. The smallest absolute Gasteiger partial charge is 0.449 e. The molecule has 25 heavy (non-hydrogen) atoms. The van der Waals surface area contributed by atoms with Gasteiger partial charge in [-0.1, -0.05) is 12.1 Å². The summed E-state index contributed by atoms with van der Waals surface area (Å²) in [6.45, 7) is 1.49. The highest BCUT2D eigenvalue weighted by Gasteiger charge is 2.37. The average Bonchev–Trinajstić information content (AvgIpc) is 2.74. The monoisotopic (exact) mass is 355 g/mol. The van der Waals surface area contributed by atoms with E-state index in [-0.39, 0.29) is 24.4 Å². The number of aryl methyl sites for hydroxylation is 1. The Hall–Kier alpha value is -2.58. The van der Waals surface area contributed by atoms with E-state index in [2.05, 4.69) is 20.3 Å². The Morgan fingerprint density at radius 1 is 1.32 bits per heavy atom. The number of nitrogens with two attached hydrogens (primary N) is 1. The number of halogens is 3. The highest BCUT2D eigenvalue weighted by molar-refractivity contribution is 6.09. The minimum atomic E-state index is -4.60. The van der Waals surface area contributed by atoms with Crippen molar-refractivity contribution >= 4 is 17.6 Å². The predicted octanol–water partition coefficient (Wildman–Crippen LogP) is 2.29. The third-order valence-corrected chi connectivity index (χ3v) is 3.50. The van der Waals surface area contributed by atoms with Gasteiger partial charge in [0, 0.05) is 0 Å². The molecule has 0 amide bonds. The summed E-state index contributed by atoms with van der Waals surface area (Å²) in [7, 11) is 1.59. The molecule has 1 aromatic carbocycles. The minimum Gasteiger partial charge on any atom is -0.497 e. The molecule has 0 fully saturated rings. The number of aliphatic imine (C=N–C) groups is 3. The largest absolute Gasteiger partial charge is 0.497 e. The Morgan fingerprint density at radius 3 is 2.60 bits per heavy atom. The average molecular weight is 355 g/mol. The van der Waals surface area contributed by atoms with Gasteiger partial charge in [-0.2, -0.15) is 18.2 Å². The number of hydrogen-bond acceptors (Lipinski definition) is 4. The molecule has 0 aromatic heterocycles. The van der Waals surface area contributed by atoms with Crippen molar-refractivity contribution in [2.75, 3.05) is 13.7 Å². The zero-order chi connectivity index (χ0) is 18.4. The molecule has 0 aliphatic carbocycles. The number of guanidine groups is 1. The van der Waals surface area contributed by atoms with E-state index in [9.17, 15) is 13.2 Å². The first-order valence-corrected chi connectivity index (χ1v) is 7.70. The lowest BCUT2D eigenvalue weighted by molar-refractivity contribution is -0.0610. The first-order chi connectivity index (χ1) is 11.8. The van der Waals surface area contributed by atoms with E-state index in [0.717, 1.165) is 17.7 Å². The predicted molar refractivity (Wildman–Crippen MR) is 91.3 cm³/mol.